The molecule has 1 aliphatic carbocycles. The Morgan fingerprint density at radius 3 is 2.86 bits per heavy atom. The average molecular weight is 195 g/mol. The predicted molar refractivity (Wildman–Crippen MR) is 49.3 cm³/mol. The summed E-state index contributed by atoms with van der Waals surface area (Å²) < 4.78 is 5.34. The Kier molecular flexibility index (Phi) is 2.06. The zero-order valence-electron chi connectivity index (χ0n) is 8.28. The highest BCUT2D eigenvalue weighted by Gasteiger charge is 2.41. The van der Waals surface area contributed by atoms with Crippen LogP contribution in [0.4, 0.5) is 0 Å². The van der Waals surface area contributed by atoms with Crippen molar-refractivity contribution in [2.75, 3.05) is 0 Å². The molecule has 0 saturated heterocycles. The van der Waals surface area contributed by atoms with Crippen LogP contribution >= 0.6 is 0 Å². The van der Waals surface area contributed by atoms with Gasteiger partial charge in [-0.15, -0.1) is 0 Å². The molecule has 1 aromatic heterocycles. The van der Waals surface area contributed by atoms with E-state index in [2.05, 4.69) is 11.9 Å². The molecule has 1 aliphatic rings. The van der Waals surface area contributed by atoms with Crippen LogP contribution < -0.4 is 0 Å². The maximum atomic E-state index is 10.7. The molecule has 0 aliphatic heterocycles. The standard InChI is InChI=1S/C10H13NO3/c1-3-6-4-7(6)9-11-8(10(12)13)5(2)14-9/h6-7H,3-4H2,1-2H3,(H,12,13)/t6-,7-/m1/s1. The zero-order valence-corrected chi connectivity index (χ0v) is 8.28. The Morgan fingerprint density at radius 1 is 1.71 bits per heavy atom. The smallest absolute Gasteiger partial charge is 0.358 e. The van der Waals surface area contributed by atoms with Crippen molar-refractivity contribution in [3.05, 3.63) is 17.3 Å². The summed E-state index contributed by atoms with van der Waals surface area (Å²) in [4.78, 5) is 14.7. The summed E-state index contributed by atoms with van der Waals surface area (Å²) >= 11 is 0. The third kappa shape index (κ3) is 1.41. The van der Waals surface area contributed by atoms with Crippen molar-refractivity contribution in [2.24, 2.45) is 5.92 Å². The lowest BCUT2D eigenvalue weighted by molar-refractivity contribution is 0.0689. The Hall–Kier alpha value is -1.32. The zero-order chi connectivity index (χ0) is 10.3. The second kappa shape index (κ2) is 3.12. The van der Waals surface area contributed by atoms with Gasteiger partial charge in [0.25, 0.3) is 0 Å². The lowest BCUT2D eigenvalue weighted by atomic mass is 10.2. The second-order valence-electron chi connectivity index (χ2n) is 3.77. The van der Waals surface area contributed by atoms with E-state index in [1.165, 1.54) is 0 Å². The van der Waals surface area contributed by atoms with Crippen molar-refractivity contribution in [1.82, 2.24) is 4.98 Å². The minimum atomic E-state index is -1.01. The van der Waals surface area contributed by atoms with Crippen molar-refractivity contribution in [1.29, 1.82) is 0 Å². The van der Waals surface area contributed by atoms with Gasteiger partial charge in [-0.05, 0) is 19.3 Å². The van der Waals surface area contributed by atoms with Crippen LogP contribution in [0, 0.1) is 12.8 Å². The molecule has 14 heavy (non-hydrogen) atoms. The summed E-state index contributed by atoms with van der Waals surface area (Å²) in [5, 5.41) is 8.78. The van der Waals surface area contributed by atoms with Gasteiger partial charge < -0.3 is 9.52 Å². The third-order valence-corrected chi connectivity index (χ3v) is 2.78. The number of aromatic nitrogens is 1. The summed E-state index contributed by atoms with van der Waals surface area (Å²) in [7, 11) is 0. The number of rotatable bonds is 3. The van der Waals surface area contributed by atoms with Crippen molar-refractivity contribution in [3.8, 4) is 0 Å². The maximum Gasteiger partial charge on any atom is 0.358 e. The van der Waals surface area contributed by atoms with Gasteiger partial charge in [-0.2, -0.15) is 0 Å². The molecule has 1 aromatic rings. The largest absolute Gasteiger partial charge is 0.476 e. The first-order valence-corrected chi connectivity index (χ1v) is 4.84. The molecule has 76 valence electrons. The summed E-state index contributed by atoms with van der Waals surface area (Å²) in [6.07, 6.45) is 2.18. The van der Waals surface area contributed by atoms with Crippen molar-refractivity contribution in [2.45, 2.75) is 32.6 Å². The first-order valence-electron chi connectivity index (χ1n) is 4.84. The Morgan fingerprint density at radius 2 is 2.43 bits per heavy atom. The minimum absolute atomic E-state index is 0.0572. The highest BCUT2D eigenvalue weighted by molar-refractivity contribution is 5.86. The van der Waals surface area contributed by atoms with E-state index in [4.69, 9.17) is 9.52 Å². The molecule has 4 heteroatoms. The number of hydrogen-bond donors (Lipinski definition) is 1. The predicted octanol–water partition coefficient (Wildman–Crippen LogP) is 2.19. The van der Waals surface area contributed by atoms with E-state index in [0.717, 1.165) is 12.8 Å². The van der Waals surface area contributed by atoms with Crippen LogP contribution in [0.2, 0.25) is 0 Å². The maximum absolute atomic E-state index is 10.7. The highest BCUT2D eigenvalue weighted by atomic mass is 16.4. The highest BCUT2D eigenvalue weighted by Crippen LogP contribution is 2.49. The van der Waals surface area contributed by atoms with Crippen molar-refractivity contribution >= 4 is 5.97 Å². The molecular formula is C10H13NO3. The number of oxazole rings is 1. The number of aryl methyl sites for hydroxylation is 1. The van der Waals surface area contributed by atoms with Gasteiger partial charge in [-0.3, -0.25) is 0 Å². The van der Waals surface area contributed by atoms with Gasteiger partial charge in [-0.25, -0.2) is 9.78 Å². The van der Waals surface area contributed by atoms with Crippen LogP contribution in [0.5, 0.6) is 0 Å². The molecule has 2 atom stereocenters. The van der Waals surface area contributed by atoms with E-state index in [1.54, 1.807) is 6.92 Å². The monoisotopic (exact) mass is 195 g/mol. The number of aromatic carboxylic acids is 1. The summed E-state index contributed by atoms with van der Waals surface area (Å²) in [6, 6.07) is 0. The molecule has 1 fully saturated rings. The molecule has 2 rings (SSSR count). The summed E-state index contributed by atoms with van der Waals surface area (Å²) in [6.45, 7) is 3.77. The fourth-order valence-corrected chi connectivity index (χ4v) is 1.78. The van der Waals surface area contributed by atoms with Crippen LogP contribution in [0.15, 0.2) is 4.42 Å². The van der Waals surface area contributed by atoms with E-state index in [1.807, 2.05) is 0 Å². The number of carboxylic acid groups (broad SMARTS) is 1. The third-order valence-electron chi connectivity index (χ3n) is 2.78. The van der Waals surface area contributed by atoms with E-state index in [9.17, 15) is 4.79 Å². The van der Waals surface area contributed by atoms with Crippen molar-refractivity contribution in [3.63, 3.8) is 0 Å². The second-order valence-corrected chi connectivity index (χ2v) is 3.77. The van der Waals surface area contributed by atoms with E-state index >= 15 is 0 Å². The average Bonchev–Trinajstić information content (AvgIpc) is 2.82. The van der Waals surface area contributed by atoms with Crippen LogP contribution in [0.25, 0.3) is 0 Å². The molecular weight excluding hydrogens is 182 g/mol. The molecule has 1 saturated carbocycles. The quantitative estimate of drug-likeness (QED) is 0.803. The van der Waals surface area contributed by atoms with Gasteiger partial charge in [0.2, 0.25) is 0 Å². The topological polar surface area (TPSA) is 63.3 Å². The lowest BCUT2D eigenvalue weighted by Gasteiger charge is -1.88. The van der Waals surface area contributed by atoms with Crippen molar-refractivity contribution < 1.29 is 14.3 Å². The minimum Gasteiger partial charge on any atom is -0.476 e. The molecule has 0 radical (unpaired) electrons. The number of nitrogens with zero attached hydrogens (tertiary/aromatic N) is 1. The van der Waals surface area contributed by atoms with Crippen LogP contribution in [0.1, 0.15) is 47.8 Å². The van der Waals surface area contributed by atoms with Gasteiger partial charge in [-0.1, -0.05) is 13.3 Å². The summed E-state index contributed by atoms with van der Waals surface area (Å²) in [5.41, 5.74) is 0.0572. The number of hydrogen-bond acceptors (Lipinski definition) is 3. The fourth-order valence-electron chi connectivity index (χ4n) is 1.78. The SMILES string of the molecule is CC[C@@H]1C[C@H]1c1nc(C(=O)O)c(C)o1. The van der Waals surface area contributed by atoms with E-state index < -0.39 is 5.97 Å². The molecule has 1 heterocycles. The van der Waals surface area contributed by atoms with Crippen LogP contribution in [0.3, 0.4) is 0 Å². The van der Waals surface area contributed by atoms with Crippen LogP contribution in [-0.4, -0.2) is 16.1 Å². The summed E-state index contributed by atoms with van der Waals surface area (Å²) in [5.74, 6) is 0.994. The Labute approximate surface area is 81.9 Å². The molecule has 0 spiro atoms. The van der Waals surface area contributed by atoms with Gasteiger partial charge in [0.1, 0.15) is 5.76 Å². The molecule has 0 unspecified atom stereocenters. The molecule has 0 bridgehead atoms. The lowest BCUT2D eigenvalue weighted by Crippen LogP contribution is -1.98. The van der Waals surface area contributed by atoms with Gasteiger partial charge in [0, 0.05) is 5.92 Å². The Balaban J connectivity index is 2.21. The molecule has 0 amide bonds. The molecule has 0 aromatic carbocycles. The first kappa shape index (κ1) is 9.24. The first-order chi connectivity index (χ1) is 6.63. The van der Waals surface area contributed by atoms with Crippen LogP contribution in [-0.2, 0) is 0 Å². The van der Waals surface area contributed by atoms with Gasteiger partial charge in [0.05, 0.1) is 0 Å². The number of carbonyl (C=O) groups is 1. The van der Waals surface area contributed by atoms with E-state index in [-0.39, 0.29) is 5.69 Å². The number of carboxylic acids is 1. The van der Waals surface area contributed by atoms with Gasteiger partial charge >= 0.3 is 5.97 Å². The van der Waals surface area contributed by atoms with E-state index in [0.29, 0.717) is 23.5 Å². The van der Waals surface area contributed by atoms with Gasteiger partial charge in [0.15, 0.2) is 11.6 Å². The molecule has 1 N–H and O–H groups in total. The normalized spacial score (nSPS) is 25.0. The fraction of sp³-hybridized carbons (Fsp3) is 0.600. The molecule has 4 nitrogen and oxygen atoms in total. The Bertz CT molecular complexity index is 369.